The van der Waals surface area contributed by atoms with Gasteiger partial charge in [0.15, 0.2) is 0 Å². The number of rotatable bonds is 9. The molecule has 13 aromatic rings. The highest BCUT2D eigenvalue weighted by atomic mass is 32.1. The predicted molar refractivity (Wildman–Crippen MR) is 303 cm³/mol. The van der Waals surface area contributed by atoms with E-state index in [9.17, 15) is 0 Å². The lowest BCUT2D eigenvalue weighted by Crippen LogP contribution is -2.12. The van der Waals surface area contributed by atoms with E-state index in [4.69, 9.17) is 0 Å². The van der Waals surface area contributed by atoms with Crippen LogP contribution < -0.4 is 9.80 Å². The van der Waals surface area contributed by atoms with Crippen LogP contribution in [0.5, 0.6) is 0 Å². The van der Waals surface area contributed by atoms with Crippen molar-refractivity contribution >= 4 is 98.2 Å². The molecule has 2 heterocycles. The summed E-state index contributed by atoms with van der Waals surface area (Å²) >= 11 is 1.89. The van der Waals surface area contributed by atoms with Crippen molar-refractivity contribution in [1.82, 2.24) is 4.57 Å². The minimum Gasteiger partial charge on any atom is -0.310 e. The first-order chi connectivity index (χ1) is 34.7. The lowest BCUT2D eigenvalue weighted by atomic mass is 9.99. The van der Waals surface area contributed by atoms with Crippen LogP contribution in [0, 0.1) is 0 Å². The molecule has 0 saturated carbocycles. The first-order valence-electron chi connectivity index (χ1n) is 24.2. The highest BCUT2D eigenvalue weighted by molar-refractivity contribution is 7.26. The van der Waals surface area contributed by atoms with Crippen molar-refractivity contribution in [3.8, 4) is 27.9 Å². The Kier molecular flexibility index (Phi) is 11.2. The minimum absolute atomic E-state index is 1.08. The van der Waals surface area contributed by atoms with Crippen LogP contribution in [0.25, 0.3) is 80.7 Å². The summed E-state index contributed by atoms with van der Waals surface area (Å²) < 4.78 is 5.08. The Morgan fingerprint density at radius 3 is 1.71 bits per heavy atom. The fraction of sp³-hybridized carbons (Fsp3) is 0.0303. The molecule has 3 nitrogen and oxygen atoms in total. The van der Waals surface area contributed by atoms with Gasteiger partial charge in [-0.3, -0.25) is 0 Å². The van der Waals surface area contributed by atoms with Crippen LogP contribution in [0.1, 0.15) is 13.8 Å². The van der Waals surface area contributed by atoms with E-state index in [1.54, 1.807) is 0 Å². The molecule has 0 bridgehead atoms. The maximum atomic E-state index is 2.45. The first-order valence-corrected chi connectivity index (χ1v) is 25.0. The molecule has 13 rings (SSSR count). The molecule has 0 aliphatic heterocycles. The van der Waals surface area contributed by atoms with Gasteiger partial charge in [-0.2, -0.15) is 0 Å². The van der Waals surface area contributed by atoms with Crippen molar-refractivity contribution in [2.45, 2.75) is 13.8 Å². The van der Waals surface area contributed by atoms with Gasteiger partial charge in [0, 0.05) is 70.6 Å². The Labute approximate surface area is 413 Å². The molecule has 0 fully saturated rings. The quantitative estimate of drug-likeness (QED) is 0.143. The summed E-state index contributed by atoms with van der Waals surface area (Å²) in [4.78, 5) is 4.78. The standard InChI is InChI=1S/C64H43N3S.C2H6/c1-4-20-49(21-5-1)65(52-35-33-45(34-36-52)47-32-31-44-17-10-11-18-46(44)41-47)53-26-16-19-48(42-53)55-27-12-14-29-59(55)66(50-22-6-2-7-23-50)54-37-38-58-61(43-54)67(51-24-8-3-9-25-51)60-40-39-57-56-28-13-15-30-62(56)68-64(57)63(58)60;1-2/h1-43H;1-2H3. The first kappa shape index (κ1) is 42.6. The van der Waals surface area contributed by atoms with Crippen molar-refractivity contribution < 1.29 is 0 Å². The number of nitrogens with zero attached hydrogens (tertiary/aromatic N) is 3. The number of para-hydroxylation sites is 4. The molecule has 0 atom stereocenters. The fourth-order valence-electron chi connectivity index (χ4n) is 10.2. The highest BCUT2D eigenvalue weighted by Crippen LogP contribution is 2.47. The molecule has 0 radical (unpaired) electrons. The number of aromatic nitrogens is 1. The van der Waals surface area contributed by atoms with E-state index in [-0.39, 0.29) is 0 Å². The van der Waals surface area contributed by atoms with E-state index < -0.39 is 0 Å². The smallest absolute Gasteiger partial charge is 0.0562 e. The number of anilines is 6. The maximum absolute atomic E-state index is 2.45. The van der Waals surface area contributed by atoms with Crippen LogP contribution in [0.4, 0.5) is 34.1 Å². The average Bonchev–Trinajstić information content (AvgIpc) is 3.98. The summed E-state index contributed by atoms with van der Waals surface area (Å²) in [5.41, 5.74) is 14.7. The SMILES string of the molecule is CC.c1ccc(N(c2ccc(-c3ccc4ccccc4c3)cc2)c2cccc(-c3ccccc3N(c3ccccc3)c3ccc4c5c6sc7ccccc7c6ccc5n(-c5ccccc5)c4c3)c2)cc1. The van der Waals surface area contributed by atoms with Gasteiger partial charge in [0.05, 0.1) is 16.7 Å². The largest absolute Gasteiger partial charge is 0.310 e. The van der Waals surface area contributed by atoms with E-state index in [0.29, 0.717) is 0 Å². The zero-order valence-electron chi connectivity index (χ0n) is 39.1. The number of benzene rings is 11. The zero-order valence-corrected chi connectivity index (χ0v) is 39.9. The summed E-state index contributed by atoms with van der Waals surface area (Å²) in [5, 5.41) is 7.64. The molecule has 0 spiro atoms. The number of hydrogen-bond acceptors (Lipinski definition) is 3. The summed E-state index contributed by atoms with van der Waals surface area (Å²) in [7, 11) is 0. The third kappa shape index (κ3) is 7.56. The molecule has 70 heavy (non-hydrogen) atoms. The van der Waals surface area contributed by atoms with Gasteiger partial charge in [-0.25, -0.2) is 0 Å². The molecule has 0 amide bonds. The molecule has 0 aliphatic rings. The predicted octanol–water partition coefficient (Wildman–Crippen LogP) is 19.6. The lowest BCUT2D eigenvalue weighted by molar-refractivity contribution is 1.18. The van der Waals surface area contributed by atoms with Crippen molar-refractivity contribution in [2.24, 2.45) is 0 Å². The van der Waals surface area contributed by atoms with E-state index in [1.807, 2.05) is 25.2 Å². The van der Waals surface area contributed by atoms with Crippen LogP contribution in [-0.2, 0) is 0 Å². The van der Waals surface area contributed by atoms with Gasteiger partial charge in [0.1, 0.15) is 0 Å². The topological polar surface area (TPSA) is 11.4 Å². The summed E-state index contributed by atoms with van der Waals surface area (Å²) in [5.74, 6) is 0. The van der Waals surface area contributed by atoms with Gasteiger partial charge in [-0.1, -0.05) is 178 Å². The molecule has 0 unspecified atom stereocenters. The molecule has 0 saturated heterocycles. The van der Waals surface area contributed by atoms with Gasteiger partial charge < -0.3 is 14.4 Å². The Morgan fingerprint density at radius 2 is 0.929 bits per heavy atom. The second-order valence-corrected chi connectivity index (χ2v) is 18.4. The minimum atomic E-state index is 1.08. The van der Waals surface area contributed by atoms with E-state index in [2.05, 4.69) is 275 Å². The van der Waals surface area contributed by atoms with E-state index >= 15 is 0 Å². The third-order valence-corrected chi connectivity index (χ3v) is 14.5. The molecule has 334 valence electrons. The average molecular weight is 916 g/mol. The van der Waals surface area contributed by atoms with Crippen molar-refractivity contribution in [3.63, 3.8) is 0 Å². The molecule has 0 N–H and O–H groups in total. The Balaban J connectivity index is 0.00000249. The molecule has 11 aromatic carbocycles. The Morgan fingerprint density at radius 1 is 0.343 bits per heavy atom. The van der Waals surface area contributed by atoms with Crippen LogP contribution >= 0.6 is 11.3 Å². The van der Waals surface area contributed by atoms with Crippen LogP contribution in [0.3, 0.4) is 0 Å². The van der Waals surface area contributed by atoms with Crippen molar-refractivity contribution in [2.75, 3.05) is 9.80 Å². The van der Waals surface area contributed by atoms with Gasteiger partial charge in [0.25, 0.3) is 0 Å². The van der Waals surface area contributed by atoms with Crippen molar-refractivity contribution in [3.05, 3.63) is 261 Å². The summed E-state index contributed by atoms with van der Waals surface area (Å²) in [6.07, 6.45) is 0. The second-order valence-electron chi connectivity index (χ2n) is 17.3. The fourth-order valence-corrected chi connectivity index (χ4v) is 11.5. The van der Waals surface area contributed by atoms with Gasteiger partial charge in [-0.05, 0) is 125 Å². The van der Waals surface area contributed by atoms with Gasteiger partial charge in [-0.15, -0.1) is 11.3 Å². The normalized spacial score (nSPS) is 11.3. The van der Waals surface area contributed by atoms with E-state index in [1.165, 1.54) is 63.9 Å². The molecule has 2 aromatic heterocycles. The van der Waals surface area contributed by atoms with E-state index in [0.717, 1.165) is 50.9 Å². The van der Waals surface area contributed by atoms with Gasteiger partial charge in [0.2, 0.25) is 0 Å². The number of hydrogen-bond donors (Lipinski definition) is 0. The maximum Gasteiger partial charge on any atom is 0.0562 e. The summed E-state index contributed by atoms with van der Waals surface area (Å²) in [6, 6.07) is 94.8. The van der Waals surface area contributed by atoms with Crippen molar-refractivity contribution in [1.29, 1.82) is 0 Å². The molecule has 0 aliphatic carbocycles. The number of fused-ring (bicyclic) bond motifs is 8. The van der Waals surface area contributed by atoms with Crippen LogP contribution in [0.15, 0.2) is 261 Å². The van der Waals surface area contributed by atoms with Crippen LogP contribution in [-0.4, -0.2) is 4.57 Å². The monoisotopic (exact) mass is 915 g/mol. The highest BCUT2D eigenvalue weighted by Gasteiger charge is 2.23. The number of thiophene rings is 1. The van der Waals surface area contributed by atoms with Crippen LogP contribution in [0.2, 0.25) is 0 Å². The molecular formula is C66H49N3S. The third-order valence-electron chi connectivity index (χ3n) is 13.3. The summed E-state index contributed by atoms with van der Waals surface area (Å²) in [6.45, 7) is 4.00. The lowest BCUT2D eigenvalue weighted by Gasteiger charge is -2.29. The molecular weight excluding hydrogens is 867 g/mol. The second kappa shape index (κ2) is 18.4. The Hall–Kier alpha value is -8.70. The van der Waals surface area contributed by atoms with Gasteiger partial charge >= 0.3 is 0 Å². The Bertz CT molecular complexity index is 3970. The molecule has 4 heteroatoms. The zero-order chi connectivity index (χ0) is 47.0.